The standard InChI is InChI=1S/C27H37N3O3/c31-25(22-33-27(23-10-4-1-5-11-23)24-12-6-2-7-13-24)20-28-16-18-29(19-17-28)21-26(32)30-14-8-3-9-15-30/h1-2,4-7,10-13,25,27,31H,3,8-9,14-22H2/t25-/m0/s1. The van der Waals surface area contributed by atoms with Crippen LogP contribution in [0.15, 0.2) is 60.7 Å². The molecule has 178 valence electrons. The Morgan fingerprint density at radius 2 is 1.33 bits per heavy atom. The van der Waals surface area contributed by atoms with Crippen LogP contribution < -0.4 is 0 Å². The van der Waals surface area contributed by atoms with Crippen molar-refractivity contribution in [1.29, 1.82) is 0 Å². The number of amides is 1. The predicted molar refractivity (Wildman–Crippen MR) is 130 cm³/mol. The third kappa shape index (κ3) is 7.11. The molecule has 6 heteroatoms. The quantitative estimate of drug-likeness (QED) is 0.635. The van der Waals surface area contributed by atoms with Gasteiger partial charge in [0.25, 0.3) is 0 Å². The minimum Gasteiger partial charge on any atom is -0.389 e. The number of piperazine rings is 1. The second-order valence-electron chi connectivity index (χ2n) is 9.21. The van der Waals surface area contributed by atoms with E-state index in [2.05, 4.69) is 34.1 Å². The molecule has 2 saturated heterocycles. The number of aliphatic hydroxyl groups is 1. The number of benzene rings is 2. The number of piperidine rings is 1. The molecule has 2 aliphatic rings. The molecule has 0 aromatic heterocycles. The molecule has 2 heterocycles. The van der Waals surface area contributed by atoms with Gasteiger partial charge in [0.2, 0.25) is 5.91 Å². The molecule has 4 rings (SSSR count). The monoisotopic (exact) mass is 451 g/mol. The van der Waals surface area contributed by atoms with Crippen LogP contribution >= 0.6 is 0 Å². The summed E-state index contributed by atoms with van der Waals surface area (Å²) in [4.78, 5) is 19.1. The van der Waals surface area contributed by atoms with E-state index in [1.165, 1.54) is 6.42 Å². The van der Waals surface area contributed by atoms with E-state index in [9.17, 15) is 9.90 Å². The van der Waals surface area contributed by atoms with E-state index in [-0.39, 0.29) is 18.6 Å². The number of ether oxygens (including phenoxy) is 1. The highest BCUT2D eigenvalue weighted by Gasteiger charge is 2.24. The van der Waals surface area contributed by atoms with Gasteiger partial charge in [0, 0.05) is 45.8 Å². The highest BCUT2D eigenvalue weighted by atomic mass is 16.5. The molecular weight excluding hydrogens is 414 g/mol. The molecule has 0 aliphatic carbocycles. The summed E-state index contributed by atoms with van der Waals surface area (Å²) in [6.45, 7) is 6.68. The molecule has 1 amide bonds. The van der Waals surface area contributed by atoms with E-state index in [1.807, 2.05) is 41.3 Å². The van der Waals surface area contributed by atoms with Crippen LogP contribution in [0.2, 0.25) is 0 Å². The Morgan fingerprint density at radius 3 is 1.91 bits per heavy atom. The zero-order chi connectivity index (χ0) is 22.9. The third-order valence-electron chi connectivity index (χ3n) is 6.66. The van der Waals surface area contributed by atoms with Crippen LogP contribution in [-0.4, -0.2) is 90.8 Å². The Bertz CT molecular complexity index is 795. The van der Waals surface area contributed by atoms with Crippen molar-refractivity contribution in [3.8, 4) is 0 Å². The fourth-order valence-electron chi connectivity index (χ4n) is 4.76. The topological polar surface area (TPSA) is 56.3 Å². The second-order valence-corrected chi connectivity index (χ2v) is 9.21. The zero-order valence-corrected chi connectivity index (χ0v) is 19.5. The lowest BCUT2D eigenvalue weighted by Crippen LogP contribution is -2.52. The summed E-state index contributed by atoms with van der Waals surface area (Å²) in [5.74, 6) is 0.268. The van der Waals surface area contributed by atoms with Gasteiger partial charge in [0.1, 0.15) is 6.10 Å². The van der Waals surface area contributed by atoms with Crippen LogP contribution in [0.3, 0.4) is 0 Å². The zero-order valence-electron chi connectivity index (χ0n) is 19.5. The molecule has 2 aromatic carbocycles. The fourth-order valence-corrected chi connectivity index (χ4v) is 4.76. The van der Waals surface area contributed by atoms with Crippen molar-refractivity contribution >= 4 is 5.91 Å². The van der Waals surface area contributed by atoms with E-state index < -0.39 is 6.10 Å². The Kier molecular flexibility index (Phi) is 8.89. The van der Waals surface area contributed by atoms with Crippen molar-refractivity contribution < 1.29 is 14.6 Å². The van der Waals surface area contributed by atoms with Crippen molar-refractivity contribution in [2.75, 3.05) is 59.0 Å². The van der Waals surface area contributed by atoms with Crippen LogP contribution in [-0.2, 0) is 9.53 Å². The summed E-state index contributed by atoms with van der Waals surface area (Å²) >= 11 is 0. The number of hydrogen-bond acceptors (Lipinski definition) is 5. The van der Waals surface area contributed by atoms with Crippen molar-refractivity contribution in [1.82, 2.24) is 14.7 Å². The number of carbonyl (C=O) groups is 1. The van der Waals surface area contributed by atoms with Crippen molar-refractivity contribution in [2.24, 2.45) is 0 Å². The van der Waals surface area contributed by atoms with E-state index in [1.54, 1.807) is 0 Å². The van der Waals surface area contributed by atoms with Crippen LogP contribution in [0.1, 0.15) is 36.5 Å². The average Bonchev–Trinajstić information content (AvgIpc) is 2.87. The molecule has 2 fully saturated rings. The molecule has 33 heavy (non-hydrogen) atoms. The lowest BCUT2D eigenvalue weighted by atomic mass is 10.0. The normalized spacial score (nSPS) is 19.0. The molecule has 2 aliphatic heterocycles. The Hall–Kier alpha value is -2.25. The summed E-state index contributed by atoms with van der Waals surface area (Å²) in [6.07, 6.45) is 2.76. The molecule has 1 N–H and O–H groups in total. The Labute approximate surface area is 197 Å². The average molecular weight is 452 g/mol. The van der Waals surface area contributed by atoms with E-state index in [4.69, 9.17) is 4.74 Å². The Balaban J connectivity index is 1.22. The van der Waals surface area contributed by atoms with Crippen molar-refractivity contribution in [2.45, 2.75) is 31.5 Å². The number of aliphatic hydroxyl groups excluding tert-OH is 1. The molecule has 1 atom stereocenters. The summed E-state index contributed by atoms with van der Waals surface area (Å²) in [5.41, 5.74) is 2.17. The van der Waals surface area contributed by atoms with Crippen LogP contribution in [0, 0.1) is 0 Å². The lowest BCUT2D eigenvalue weighted by molar-refractivity contribution is -0.133. The van der Waals surface area contributed by atoms with Crippen LogP contribution in [0.4, 0.5) is 0 Å². The fraction of sp³-hybridized carbons (Fsp3) is 0.519. The maximum absolute atomic E-state index is 12.5. The van der Waals surface area contributed by atoms with Gasteiger partial charge in [-0.3, -0.25) is 14.6 Å². The highest BCUT2D eigenvalue weighted by Crippen LogP contribution is 2.26. The van der Waals surface area contributed by atoms with Gasteiger partial charge in [-0.25, -0.2) is 0 Å². The van der Waals surface area contributed by atoms with Crippen molar-refractivity contribution in [3.05, 3.63) is 71.8 Å². The number of rotatable bonds is 9. The van der Waals surface area contributed by atoms with E-state index >= 15 is 0 Å². The predicted octanol–water partition coefficient (Wildman–Crippen LogP) is 2.78. The number of hydrogen-bond donors (Lipinski definition) is 1. The maximum atomic E-state index is 12.5. The smallest absolute Gasteiger partial charge is 0.236 e. The lowest BCUT2D eigenvalue weighted by Gasteiger charge is -2.36. The molecule has 6 nitrogen and oxygen atoms in total. The van der Waals surface area contributed by atoms with Crippen molar-refractivity contribution in [3.63, 3.8) is 0 Å². The molecule has 0 bridgehead atoms. The largest absolute Gasteiger partial charge is 0.389 e. The first-order valence-electron chi connectivity index (χ1n) is 12.3. The molecule has 0 radical (unpaired) electrons. The van der Waals surface area contributed by atoms with Gasteiger partial charge >= 0.3 is 0 Å². The number of likely N-dealkylation sites (tertiary alicyclic amines) is 1. The molecule has 0 saturated carbocycles. The van der Waals surface area contributed by atoms with Gasteiger partial charge in [-0.05, 0) is 30.4 Å². The summed E-state index contributed by atoms with van der Waals surface area (Å²) < 4.78 is 6.22. The maximum Gasteiger partial charge on any atom is 0.236 e. The molecule has 2 aromatic rings. The van der Waals surface area contributed by atoms with Gasteiger partial charge < -0.3 is 14.7 Å². The van der Waals surface area contributed by atoms with Gasteiger partial charge in [0.05, 0.1) is 19.3 Å². The van der Waals surface area contributed by atoms with E-state index in [0.29, 0.717) is 13.1 Å². The first-order chi connectivity index (χ1) is 16.2. The molecule has 0 spiro atoms. The Morgan fingerprint density at radius 1 is 0.788 bits per heavy atom. The first-order valence-corrected chi connectivity index (χ1v) is 12.3. The molecular formula is C27H37N3O3. The highest BCUT2D eigenvalue weighted by molar-refractivity contribution is 5.78. The van der Waals surface area contributed by atoms with Gasteiger partial charge in [0.15, 0.2) is 0 Å². The number of nitrogens with zero attached hydrogens (tertiary/aromatic N) is 3. The van der Waals surface area contributed by atoms with Gasteiger partial charge in [-0.1, -0.05) is 60.7 Å². The third-order valence-corrected chi connectivity index (χ3v) is 6.66. The molecule has 0 unspecified atom stereocenters. The van der Waals surface area contributed by atoms with Gasteiger partial charge in [-0.2, -0.15) is 0 Å². The summed E-state index contributed by atoms with van der Waals surface area (Å²) in [6, 6.07) is 20.3. The summed E-state index contributed by atoms with van der Waals surface area (Å²) in [5, 5.41) is 10.7. The van der Waals surface area contributed by atoms with Crippen LogP contribution in [0.25, 0.3) is 0 Å². The number of carbonyl (C=O) groups excluding carboxylic acids is 1. The minimum atomic E-state index is -0.554. The van der Waals surface area contributed by atoms with Gasteiger partial charge in [-0.15, -0.1) is 0 Å². The SMILES string of the molecule is O=C(CN1CCN(C[C@H](O)COC(c2ccccc2)c2ccccc2)CC1)N1CCCCC1. The van der Waals surface area contributed by atoms with Crippen LogP contribution in [0.5, 0.6) is 0 Å². The van der Waals surface area contributed by atoms with E-state index in [0.717, 1.165) is 63.2 Å². The second kappa shape index (κ2) is 12.3. The first kappa shape index (κ1) is 23.9. The number of β-amino-alcohol motifs (C(OH)–C–C–N with tert-alkyl or cyclic N) is 1. The summed E-state index contributed by atoms with van der Waals surface area (Å²) in [7, 11) is 0. The minimum absolute atomic E-state index is 0.195.